The quantitative estimate of drug-likeness (QED) is 0.673. The van der Waals surface area contributed by atoms with E-state index < -0.39 is 0 Å². The molecule has 0 saturated carbocycles. The Morgan fingerprint density at radius 3 is 2.47 bits per heavy atom. The van der Waals surface area contributed by atoms with Crippen molar-refractivity contribution in [3.8, 4) is 0 Å². The van der Waals surface area contributed by atoms with Crippen LogP contribution in [0.15, 0.2) is 12.4 Å². The average molecular weight is 238 g/mol. The van der Waals surface area contributed by atoms with Crippen LogP contribution in [0.25, 0.3) is 0 Å². The monoisotopic (exact) mass is 238 g/mol. The van der Waals surface area contributed by atoms with E-state index in [-0.39, 0.29) is 5.54 Å². The van der Waals surface area contributed by atoms with Crippen molar-refractivity contribution < 1.29 is 0 Å². The molecule has 17 heavy (non-hydrogen) atoms. The van der Waals surface area contributed by atoms with Crippen molar-refractivity contribution in [1.82, 2.24) is 20.3 Å². The van der Waals surface area contributed by atoms with E-state index in [2.05, 4.69) is 36.4 Å². The van der Waals surface area contributed by atoms with Crippen molar-refractivity contribution in [3.63, 3.8) is 0 Å². The minimum Gasteiger partial charge on any atom is -0.293 e. The van der Waals surface area contributed by atoms with Gasteiger partial charge < -0.3 is 0 Å². The molecule has 0 fully saturated rings. The molecule has 1 heterocycles. The lowest BCUT2D eigenvalue weighted by molar-refractivity contribution is 0.242. The molecule has 0 saturated heterocycles. The van der Waals surface area contributed by atoms with Gasteiger partial charge in [-0.1, -0.05) is 45.2 Å². The number of nitrogens with one attached hydrogen (secondary N) is 1. The molecule has 0 bridgehead atoms. The molecular formula is C13H26N4. The number of rotatable bonds is 9. The Kier molecular flexibility index (Phi) is 6.19. The summed E-state index contributed by atoms with van der Waals surface area (Å²) in [6.07, 6.45) is 11.1. The highest BCUT2D eigenvalue weighted by Gasteiger charge is 2.24. The second-order valence-corrected chi connectivity index (χ2v) is 4.72. The minimum absolute atomic E-state index is 0.265. The number of unbranched alkanes of at least 4 members (excludes halogenated alkanes) is 2. The van der Waals surface area contributed by atoms with Crippen molar-refractivity contribution >= 4 is 0 Å². The zero-order valence-electron chi connectivity index (χ0n) is 11.4. The highest BCUT2D eigenvalue weighted by molar-refractivity contribution is 4.84. The lowest BCUT2D eigenvalue weighted by Gasteiger charge is -2.33. The van der Waals surface area contributed by atoms with Gasteiger partial charge >= 0.3 is 0 Å². The summed E-state index contributed by atoms with van der Waals surface area (Å²) in [5, 5.41) is 11.5. The maximum atomic E-state index is 3.99. The van der Waals surface area contributed by atoms with Crippen LogP contribution >= 0.6 is 0 Å². The largest absolute Gasteiger partial charge is 0.293 e. The molecule has 0 aliphatic carbocycles. The van der Waals surface area contributed by atoms with Gasteiger partial charge in [-0.25, -0.2) is 4.68 Å². The summed E-state index contributed by atoms with van der Waals surface area (Å²) in [4.78, 5) is 0. The van der Waals surface area contributed by atoms with Crippen LogP contribution in [-0.2, 0) is 6.67 Å². The molecule has 98 valence electrons. The first-order valence-electron chi connectivity index (χ1n) is 6.85. The van der Waals surface area contributed by atoms with Crippen molar-refractivity contribution in [3.05, 3.63) is 12.4 Å². The maximum Gasteiger partial charge on any atom is 0.0925 e. The molecule has 4 heteroatoms. The van der Waals surface area contributed by atoms with Gasteiger partial charge in [0.1, 0.15) is 0 Å². The summed E-state index contributed by atoms with van der Waals surface area (Å²) in [7, 11) is 0. The molecule has 1 aromatic rings. The van der Waals surface area contributed by atoms with Gasteiger partial charge in [0.25, 0.3) is 0 Å². The van der Waals surface area contributed by atoms with Gasteiger partial charge in [-0.05, 0) is 19.3 Å². The zero-order chi connectivity index (χ0) is 12.6. The Morgan fingerprint density at radius 2 is 1.94 bits per heavy atom. The molecule has 0 atom stereocenters. The molecule has 0 spiro atoms. The topological polar surface area (TPSA) is 42.7 Å². The first-order chi connectivity index (χ1) is 8.26. The Labute approximate surface area is 105 Å². The summed E-state index contributed by atoms with van der Waals surface area (Å²) >= 11 is 0. The van der Waals surface area contributed by atoms with Crippen LogP contribution in [0.4, 0.5) is 0 Å². The van der Waals surface area contributed by atoms with Gasteiger partial charge in [0.05, 0.1) is 12.9 Å². The average Bonchev–Trinajstić information content (AvgIpc) is 2.87. The van der Waals surface area contributed by atoms with Gasteiger partial charge in [0.15, 0.2) is 0 Å². The number of nitrogens with zero attached hydrogens (tertiary/aromatic N) is 3. The first kappa shape index (κ1) is 14.2. The fourth-order valence-electron chi connectivity index (χ4n) is 2.22. The van der Waals surface area contributed by atoms with Gasteiger partial charge in [-0.15, -0.1) is 5.10 Å². The number of hydrogen-bond donors (Lipinski definition) is 1. The van der Waals surface area contributed by atoms with Crippen molar-refractivity contribution in [1.29, 1.82) is 0 Å². The van der Waals surface area contributed by atoms with E-state index in [0.717, 1.165) is 6.67 Å². The normalized spacial score (nSPS) is 11.9. The Bertz CT molecular complexity index is 278. The molecule has 1 aromatic heterocycles. The first-order valence-corrected chi connectivity index (χ1v) is 6.85. The fraction of sp³-hybridized carbons (Fsp3) is 0.846. The summed E-state index contributed by atoms with van der Waals surface area (Å²) < 4.78 is 1.85. The lowest BCUT2D eigenvalue weighted by Crippen LogP contribution is -2.45. The van der Waals surface area contributed by atoms with Crippen LogP contribution in [0.5, 0.6) is 0 Å². The van der Waals surface area contributed by atoms with Crippen molar-refractivity contribution in [2.45, 2.75) is 71.5 Å². The fourth-order valence-corrected chi connectivity index (χ4v) is 2.22. The van der Waals surface area contributed by atoms with Gasteiger partial charge in [-0.3, -0.25) is 5.32 Å². The molecule has 1 N–H and O–H groups in total. The smallest absolute Gasteiger partial charge is 0.0925 e. The van der Waals surface area contributed by atoms with Crippen LogP contribution in [-0.4, -0.2) is 20.5 Å². The van der Waals surface area contributed by atoms with E-state index >= 15 is 0 Å². The summed E-state index contributed by atoms with van der Waals surface area (Å²) in [5.41, 5.74) is 0.265. The molecule has 0 radical (unpaired) electrons. The Hall–Kier alpha value is -0.900. The van der Waals surface area contributed by atoms with Crippen molar-refractivity contribution in [2.75, 3.05) is 0 Å². The predicted molar refractivity (Wildman–Crippen MR) is 70.6 cm³/mol. The molecular weight excluding hydrogens is 212 g/mol. The van der Waals surface area contributed by atoms with Crippen LogP contribution in [0, 0.1) is 0 Å². The maximum absolute atomic E-state index is 3.99. The second kappa shape index (κ2) is 7.43. The van der Waals surface area contributed by atoms with E-state index in [9.17, 15) is 0 Å². The van der Waals surface area contributed by atoms with Gasteiger partial charge in [0.2, 0.25) is 0 Å². The SMILES string of the molecule is CCCCCC(CC)(CC)NCn1ccnn1. The standard InChI is InChI=1S/C13H26N4/c1-4-7-8-9-13(5-2,6-3)14-12-17-11-10-15-16-17/h10-11,14H,4-9,12H2,1-3H3. The van der Waals surface area contributed by atoms with E-state index in [1.807, 2.05) is 10.9 Å². The number of aromatic nitrogens is 3. The molecule has 4 nitrogen and oxygen atoms in total. The molecule has 0 aromatic carbocycles. The van der Waals surface area contributed by atoms with Crippen molar-refractivity contribution in [2.24, 2.45) is 0 Å². The van der Waals surface area contributed by atoms with Crippen LogP contribution in [0.2, 0.25) is 0 Å². The molecule has 0 unspecified atom stereocenters. The predicted octanol–water partition coefficient (Wildman–Crippen LogP) is 2.96. The minimum atomic E-state index is 0.265. The third kappa shape index (κ3) is 4.46. The summed E-state index contributed by atoms with van der Waals surface area (Å²) in [5.74, 6) is 0. The molecule has 0 aliphatic rings. The van der Waals surface area contributed by atoms with Crippen LogP contribution in [0.1, 0.15) is 59.3 Å². The summed E-state index contributed by atoms with van der Waals surface area (Å²) in [6.45, 7) is 7.55. The van der Waals surface area contributed by atoms with E-state index in [4.69, 9.17) is 0 Å². The highest BCUT2D eigenvalue weighted by Crippen LogP contribution is 2.23. The van der Waals surface area contributed by atoms with E-state index in [0.29, 0.717) is 0 Å². The van der Waals surface area contributed by atoms with Gasteiger partial charge in [0, 0.05) is 11.7 Å². The lowest BCUT2D eigenvalue weighted by atomic mass is 9.87. The Morgan fingerprint density at radius 1 is 1.18 bits per heavy atom. The highest BCUT2D eigenvalue weighted by atomic mass is 15.4. The molecule has 0 aliphatic heterocycles. The van der Waals surface area contributed by atoms with E-state index in [1.165, 1.54) is 38.5 Å². The molecule has 0 amide bonds. The van der Waals surface area contributed by atoms with Gasteiger partial charge in [-0.2, -0.15) is 0 Å². The summed E-state index contributed by atoms with van der Waals surface area (Å²) in [6, 6.07) is 0. The Balaban J connectivity index is 2.45. The third-order valence-corrected chi connectivity index (χ3v) is 3.70. The second-order valence-electron chi connectivity index (χ2n) is 4.72. The number of hydrogen-bond acceptors (Lipinski definition) is 3. The zero-order valence-corrected chi connectivity index (χ0v) is 11.4. The van der Waals surface area contributed by atoms with Crippen LogP contribution < -0.4 is 5.32 Å². The van der Waals surface area contributed by atoms with Crippen LogP contribution in [0.3, 0.4) is 0 Å². The molecule has 1 rings (SSSR count). The third-order valence-electron chi connectivity index (χ3n) is 3.70. The van der Waals surface area contributed by atoms with E-state index in [1.54, 1.807) is 6.20 Å².